The third-order valence-corrected chi connectivity index (χ3v) is 13.7. The number of rotatable bonds is 6. The zero-order valence-electron chi connectivity index (χ0n) is 38.9. The highest BCUT2D eigenvalue weighted by Gasteiger charge is 2.36. The second-order valence-electron chi connectivity index (χ2n) is 18.2. The molecule has 0 radical (unpaired) electrons. The second kappa shape index (κ2) is 17.3. The van der Waals surface area contributed by atoms with Gasteiger partial charge in [-0.1, -0.05) is 84.4 Å². The number of nitrogens with zero attached hydrogens (tertiary/aromatic N) is 4. The minimum absolute atomic E-state index is 0.0128. The molecule has 0 fully saturated rings. The second-order valence-corrected chi connectivity index (χ2v) is 18.2. The smallest absolute Gasteiger partial charge is 0.309 e. The van der Waals surface area contributed by atoms with E-state index in [2.05, 4.69) is 6.07 Å². The van der Waals surface area contributed by atoms with Crippen molar-refractivity contribution in [3.63, 3.8) is 0 Å². The molecule has 4 nitrogen and oxygen atoms in total. The van der Waals surface area contributed by atoms with Crippen molar-refractivity contribution in [2.75, 3.05) is 0 Å². The van der Waals surface area contributed by atoms with E-state index in [1.807, 2.05) is 63.7 Å². The summed E-state index contributed by atoms with van der Waals surface area (Å²) in [6.07, 6.45) is -14.1. The van der Waals surface area contributed by atoms with Crippen LogP contribution in [0.3, 0.4) is 0 Å². The number of halogens is 9. The Kier molecular flexibility index (Phi) is 11.1. The highest BCUT2D eigenvalue weighted by atomic mass is 19.4. The van der Waals surface area contributed by atoms with Gasteiger partial charge in [0.15, 0.2) is 0 Å². The molecular formula is C61H35F9N4. The number of benzene rings is 9. The molecule has 0 unspecified atom stereocenters. The zero-order chi connectivity index (χ0) is 52.0. The summed E-state index contributed by atoms with van der Waals surface area (Å²) in [5.41, 5.74) is 3.79. The predicted molar refractivity (Wildman–Crippen MR) is 271 cm³/mol. The van der Waals surface area contributed by atoms with Crippen LogP contribution >= 0.6 is 0 Å². The standard InChI is InChI=1S/C61H35F9N4/c1-34-11-18-43(52(25-34)60(65,66)67)39-15-24-58-51(30-39)47-8-4-6-10-55(47)74(58)57-22-13-36(32-71)27-49(57)48-31-41(17-21-44(48)45-19-12-37(33-72)28-53(45)61(68,69)70)73-54-9-5-3-7-46(54)50-29-38(14-23-56(50)73)42-20-16-40(26-35(42)2)59(62,63)64/h3-31H,1-2H3. The maximum absolute atomic E-state index is 15.3. The van der Waals surface area contributed by atoms with Gasteiger partial charge in [-0.05, 0) is 155 Å². The molecule has 362 valence electrons. The average molecular weight is 995 g/mol. The van der Waals surface area contributed by atoms with Crippen LogP contribution in [0, 0.1) is 36.5 Å². The fraction of sp³-hybridized carbons (Fsp3) is 0.0820. The van der Waals surface area contributed by atoms with Gasteiger partial charge < -0.3 is 9.13 Å². The quantitative estimate of drug-likeness (QED) is 0.156. The van der Waals surface area contributed by atoms with E-state index in [1.165, 1.54) is 24.3 Å². The lowest BCUT2D eigenvalue weighted by Gasteiger charge is -2.21. The summed E-state index contributed by atoms with van der Waals surface area (Å²) >= 11 is 0. The number of aromatic nitrogens is 2. The molecule has 0 N–H and O–H groups in total. The highest BCUT2D eigenvalue weighted by Crippen LogP contribution is 2.47. The van der Waals surface area contributed by atoms with Crippen molar-refractivity contribution in [2.45, 2.75) is 32.4 Å². The number of alkyl halides is 9. The normalized spacial score (nSPS) is 12.2. The van der Waals surface area contributed by atoms with Gasteiger partial charge in [-0.2, -0.15) is 50.0 Å². The molecule has 0 saturated carbocycles. The Balaban J connectivity index is 1.19. The first-order chi connectivity index (χ1) is 35.3. The van der Waals surface area contributed by atoms with E-state index in [1.54, 1.807) is 92.7 Å². The Morgan fingerprint density at radius 1 is 0.378 bits per heavy atom. The first kappa shape index (κ1) is 47.3. The first-order valence-electron chi connectivity index (χ1n) is 23.1. The molecule has 11 aromatic rings. The lowest BCUT2D eigenvalue weighted by atomic mass is 9.89. The van der Waals surface area contributed by atoms with Gasteiger partial charge in [-0.25, -0.2) is 0 Å². The van der Waals surface area contributed by atoms with Gasteiger partial charge in [0.05, 0.1) is 67.7 Å². The summed E-state index contributed by atoms with van der Waals surface area (Å²) in [7, 11) is 0. The lowest BCUT2D eigenvalue weighted by Crippen LogP contribution is -2.08. The van der Waals surface area contributed by atoms with Crippen LogP contribution in [0.25, 0.3) is 99.5 Å². The highest BCUT2D eigenvalue weighted by molar-refractivity contribution is 6.12. The van der Waals surface area contributed by atoms with Crippen LogP contribution in [0.2, 0.25) is 0 Å². The minimum Gasteiger partial charge on any atom is -0.309 e. The Morgan fingerprint density at radius 2 is 0.905 bits per heavy atom. The molecule has 0 bridgehead atoms. The molecule has 0 spiro atoms. The van der Waals surface area contributed by atoms with Crippen molar-refractivity contribution in [3.05, 3.63) is 215 Å². The fourth-order valence-corrected chi connectivity index (χ4v) is 10.4. The summed E-state index contributed by atoms with van der Waals surface area (Å²) in [5, 5.41) is 23.0. The van der Waals surface area contributed by atoms with Crippen LogP contribution in [0.15, 0.2) is 176 Å². The van der Waals surface area contributed by atoms with Crippen LogP contribution in [-0.4, -0.2) is 9.13 Å². The van der Waals surface area contributed by atoms with Crippen LogP contribution in [0.1, 0.15) is 38.9 Å². The summed E-state index contributed by atoms with van der Waals surface area (Å²) in [5.74, 6) is 0. The van der Waals surface area contributed by atoms with E-state index >= 15 is 13.2 Å². The zero-order valence-corrected chi connectivity index (χ0v) is 38.9. The van der Waals surface area contributed by atoms with E-state index in [0.29, 0.717) is 77.6 Å². The lowest BCUT2D eigenvalue weighted by molar-refractivity contribution is -0.138. The molecule has 13 heteroatoms. The van der Waals surface area contributed by atoms with E-state index in [4.69, 9.17) is 0 Å². The van der Waals surface area contributed by atoms with Crippen molar-refractivity contribution in [1.82, 2.24) is 9.13 Å². The van der Waals surface area contributed by atoms with Crippen molar-refractivity contribution < 1.29 is 39.5 Å². The Morgan fingerprint density at radius 3 is 1.53 bits per heavy atom. The topological polar surface area (TPSA) is 57.4 Å². The van der Waals surface area contributed by atoms with Gasteiger partial charge in [-0.15, -0.1) is 0 Å². The minimum atomic E-state index is -4.92. The van der Waals surface area contributed by atoms with Gasteiger partial charge in [0.2, 0.25) is 0 Å². The van der Waals surface area contributed by atoms with Crippen molar-refractivity contribution in [1.29, 1.82) is 10.5 Å². The monoisotopic (exact) mass is 994 g/mol. The van der Waals surface area contributed by atoms with Crippen LogP contribution in [-0.2, 0) is 18.5 Å². The van der Waals surface area contributed by atoms with Gasteiger partial charge >= 0.3 is 18.5 Å². The average Bonchev–Trinajstić information content (AvgIpc) is 3.90. The third kappa shape index (κ3) is 7.98. The maximum Gasteiger partial charge on any atom is 0.417 e. The molecule has 0 amide bonds. The van der Waals surface area contributed by atoms with Crippen molar-refractivity contribution >= 4 is 43.6 Å². The molecule has 74 heavy (non-hydrogen) atoms. The number of hydrogen-bond donors (Lipinski definition) is 0. The van der Waals surface area contributed by atoms with Gasteiger partial charge in [0.1, 0.15) is 0 Å². The summed E-state index contributed by atoms with van der Waals surface area (Å²) in [6, 6.07) is 50.3. The Bertz CT molecular complexity index is 4210. The molecule has 11 rings (SSSR count). The number of aryl methyl sites for hydroxylation is 2. The molecule has 9 aromatic carbocycles. The predicted octanol–water partition coefficient (Wildman–Crippen LogP) is 18.0. The van der Waals surface area contributed by atoms with Gasteiger partial charge in [0, 0.05) is 32.8 Å². The molecule has 0 atom stereocenters. The molecule has 0 aliphatic rings. The summed E-state index contributed by atoms with van der Waals surface area (Å²) in [6.45, 7) is 3.20. The molecular weight excluding hydrogens is 960 g/mol. The van der Waals surface area contributed by atoms with Crippen LogP contribution in [0.4, 0.5) is 39.5 Å². The third-order valence-electron chi connectivity index (χ3n) is 13.7. The molecule has 0 aliphatic heterocycles. The van der Waals surface area contributed by atoms with Gasteiger partial charge in [-0.3, -0.25) is 0 Å². The summed E-state index contributed by atoms with van der Waals surface area (Å²) < 4.78 is 134. The van der Waals surface area contributed by atoms with E-state index in [0.717, 1.165) is 35.0 Å². The fourth-order valence-electron chi connectivity index (χ4n) is 10.4. The van der Waals surface area contributed by atoms with E-state index in [9.17, 15) is 36.9 Å². The molecule has 2 aromatic heterocycles. The van der Waals surface area contributed by atoms with Crippen LogP contribution < -0.4 is 0 Å². The molecule has 0 aliphatic carbocycles. The maximum atomic E-state index is 15.3. The molecule has 2 heterocycles. The van der Waals surface area contributed by atoms with Crippen LogP contribution in [0.5, 0.6) is 0 Å². The van der Waals surface area contributed by atoms with Gasteiger partial charge in [0.25, 0.3) is 0 Å². The molecule has 0 saturated heterocycles. The van der Waals surface area contributed by atoms with E-state index < -0.39 is 35.2 Å². The van der Waals surface area contributed by atoms with Crippen molar-refractivity contribution in [3.8, 4) is 68.0 Å². The largest absolute Gasteiger partial charge is 0.417 e. The number of fused-ring (bicyclic) bond motifs is 6. The number of hydrogen-bond acceptors (Lipinski definition) is 2. The first-order valence-corrected chi connectivity index (χ1v) is 23.1. The Hall–Kier alpha value is -9.07. The Labute approximate surface area is 416 Å². The van der Waals surface area contributed by atoms with E-state index in [-0.39, 0.29) is 33.4 Å². The number of nitriles is 2. The van der Waals surface area contributed by atoms with Crippen molar-refractivity contribution in [2.24, 2.45) is 0 Å². The SMILES string of the molecule is Cc1ccc(-c2ccc3c(c2)c2ccccc2n3-c2ccc(C#N)cc2-c2cc(-n3c4ccccc4c4cc(-c5ccc(C(F)(F)F)cc5C)ccc43)ccc2-c2ccc(C#N)cc2C(F)(F)F)c(C(F)(F)F)c1. The number of para-hydroxylation sites is 2. The summed E-state index contributed by atoms with van der Waals surface area (Å²) in [4.78, 5) is 0.